The van der Waals surface area contributed by atoms with E-state index in [-0.39, 0.29) is 11.2 Å². The summed E-state index contributed by atoms with van der Waals surface area (Å²) >= 11 is 1.32. The lowest BCUT2D eigenvalue weighted by molar-refractivity contribution is -0.115. The van der Waals surface area contributed by atoms with Gasteiger partial charge in [-0.2, -0.15) is 0 Å². The second kappa shape index (κ2) is 8.69. The van der Waals surface area contributed by atoms with Crippen LogP contribution < -0.4 is 10.1 Å². The highest BCUT2D eigenvalue weighted by atomic mass is 32.2. The zero-order valence-corrected chi connectivity index (χ0v) is 17.4. The SMILES string of the molecule is Cc1ccccc1OCc1nc(S[C@H](C)C(=O)Nc2ccc3c(c2)CCC3)n[nH]1. The summed E-state index contributed by atoms with van der Waals surface area (Å²) in [5.74, 6) is 1.39. The molecule has 150 valence electrons. The number of anilines is 1. The molecule has 0 aliphatic heterocycles. The molecule has 2 N–H and O–H groups in total. The molecule has 0 radical (unpaired) electrons. The monoisotopic (exact) mass is 408 g/mol. The van der Waals surface area contributed by atoms with Crippen LogP contribution in [0.1, 0.15) is 35.9 Å². The Morgan fingerprint density at radius 1 is 1.24 bits per heavy atom. The Morgan fingerprint density at radius 2 is 2.07 bits per heavy atom. The number of benzene rings is 2. The minimum atomic E-state index is -0.316. The second-order valence-electron chi connectivity index (χ2n) is 7.21. The van der Waals surface area contributed by atoms with Crippen molar-refractivity contribution in [1.29, 1.82) is 0 Å². The molecule has 1 heterocycles. The lowest BCUT2D eigenvalue weighted by atomic mass is 10.1. The van der Waals surface area contributed by atoms with Gasteiger partial charge in [0.25, 0.3) is 0 Å². The topological polar surface area (TPSA) is 79.9 Å². The van der Waals surface area contributed by atoms with Gasteiger partial charge in [-0.15, -0.1) is 5.10 Å². The molecule has 1 atom stereocenters. The first-order valence-electron chi connectivity index (χ1n) is 9.77. The third-order valence-electron chi connectivity index (χ3n) is 4.99. The molecule has 1 aliphatic rings. The van der Waals surface area contributed by atoms with Gasteiger partial charge in [-0.05, 0) is 68.0 Å². The van der Waals surface area contributed by atoms with Gasteiger partial charge in [0.1, 0.15) is 12.4 Å². The molecule has 6 nitrogen and oxygen atoms in total. The number of aryl methyl sites for hydroxylation is 3. The van der Waals surface area contributed by atoms with Crippen molar-refractivity contribution in [2.75, 3.05) is 5.32 Å². The smallest absolute Gasteiger partial charge is 0.237 e. The molecule has 2 aromatic carbocycles. The van der Waals surface area contributed by atoms with E-state index in [9.17, 15) is 4.79 Å². The number of fused-ring (bicyclic) bond motifs is 1. The summed E-state index contributed by atoms with van der Waals surface area (Å²) in [7, 11) is 0. The van der Waals surface area contributed by atoms with Crippen molar-refractivity contribution >= 4 is 23.4 Å². The number of H-pyrrole nitrogens is 1. The fourth-order valence-corrected chi connectivity index (χ4v) is 4.11. The molecular formula is C22H24N4O2S. The number of nitrogens with zero attached hydrogens (tertiary/aromatic N) is 2. The van der Waals surface area contributed by atoms with Crippen molar-refractivity contribution in [3.05, 3.63) is 65.0 Å². The molecular weight excluding hydrogens is 384 g/mol. The van der Waals surface area contributed by atoms with Crippen LogP contribution >= 0.6 is 11.8 Å². The van der Waals surface area contributed by atoms with Crippen molar-refractivity contribution in [1.82, 2.24) is 15.2 Å². The van der Waals surface area contributed by atoms with Gasteiger partial charge in [0.05, 0.1) is 5.25 Å². The number of carbonyl (C=O) groups is 1. The van der Waals surface area contributed by atoms with Crippen molar-refractivity contribution in [2.45, 2.75) is 50.1 Å². The minimum absolute atomic E-state index is 0.0598. The van der Waals surface area contributed by atoms with Gasteiger partial charge in [-0.3, -0.25) is 9.89 Å². The molecule has 1 aliphatic carbocycles. The van der Waals surface area contributed by atoms with Crippen LogP contribution in [0.3, 0.4) is 0 Å². The third-order valence-corrected chi connectivity index (χ3v) is 5.95. The van der Waals surface area contributed by atoms with E-state index in [1.165, 1.54) is 29.3 Å². The molecule has 0 fully saturated rings. The number of ether oxygens (including phenoxy) is 1. The van der Waals surface area contributed by atoms with E-state index in [0.717, 1.165) is 29.8 Å². The fraction of sp³-hybridized carbons (Fsp3) is 0.318. The van der Waals surface area contributed by atoms with Crippen LogP contribution in [0.15, 0.2) is 47.6 Å². The molecule has 0 saturated carbocycles. The number of rotatable bonds is 7. The predicted molar refractivity (Wildman–Crippen MR) is 114 cm³/mol. The van der Waals surface area contributed by atoms with Gasteiger partial charge in [-0.1, -0.05) is 36.0 Å². The van der Waals surface area contributed by atoms with Crippen LogP contribution in [0.25, 0.3) is 0 Å². The van der Waals surface area contributed by atoms with Crippen molar-refractivity contribution in [3.8, 4) is 5.75 Å². The van der Waals surface area contributed by atoms with Gasteiger partial charge in [0.15, 0.2) is 5.82 Å². The van der Waals surface area contributed by atoms with Crippen molar-refractivity contribution < 1.29 is 9.53 Å². The number of hydrogen-bond acceptors (Lipinski definition) is 5. The predicted octanol–water partition coefficient (Wildman–Crippen LogP) is 4.30. The van der Waals surface area contributed by atoms with E-state index < -0.39 is 0 Å². The van der Waals surface area contributed by atoms with E-state index in [1.54, 1.807) is 0 Å². The van der Waals surface area contributed by atoms with Gasteiger partial charge in [-0.25, -0.2) is 4.98 Å². The quantitative estimate of drug-likeness (QED) is 0.570. The Labute approximate surface area is 174 Å². The van der Waals surface area contributed by atoms with Crippen LogP contribution in [0.2, 0.25) is 0 Å². The number of para-hydroxylation sites is 1. The molecule has 7 heteroatoms. The van der Waals surface area contributed by atoms with Crippen LogP contribution in [-0.2, 0) is 24.2 Å². The van der Waals surface area contributed by atoms with Crippen molar-refractivity contribution in [2.24, 2.45) is 0 Å². The summed E-state index contributed by atoms with van der Waals surface area (Å²) in [6.45, 7) is 4.15. The zero-order chi connectivity index (χ0) is 20.2. The Bertz CT molecular complexity index is 1020. The molecule has 3 aromatic rings. The highest BCUT2D eigenvalue weighted by molar-refractivity contribution is 8.00. The van der Waals surface area contributed by atoms with E-state index in [2.05, 4.69) is 32.6 Å². The van der Waals surface area contributed by atoms with E-state index in [1.807, 2.05) is 44.2 Å². The molecule has 0 unspecified atom stereocenters. The third kappa shape index (κ3) is 4.79. The maximum Gasteiger partial charge on any atom is 0.237 e. The largest absolute Gasteiger partial charge is 0.485 e. The van der Waals surface area contributed by atoms with Gasteiger partial charge in [0.2, 0.25) is 11.1 Å². The summed E-state index contributed by atoms with van der Waals surface area (Å²) in [5, 5.41) is 10.3. The van der Waals surface area contributed by atoms with Crippen LogP contribution in [0.4, 0.5) is 5.69 Å². The Kier molecular flexibility index (Phi) is 5.85. The summed E-state index contributed by atoms with van der Waals surface area (Å²) < 4.78 is 5.78. The van der Waals surface area contributed by atoms with Gasteiger partial charge < -0.3 is 10.1 Å². The first kappa shape index (κ1) is 19.5. The van der Waals surface area contributed by atoms with Gasteiger partial charge >= 0.3 is 0 Å². The number of nitrogens with one attached hydrogen (secondary N) is 2. The maximum absolute atomic E-state index is 12.5. The average molecular weight is 409 g/mol. The summed E-state index contributed by atoms with van der Waals surface area (Å²) in [4.78, 5) is 17.0. The number of aromatic amines is 1. The van der Waals surface area contributed by atoms with E-state index in [0.29, 0.717) is 17.6 Å². The molecule has 1 amide bonds. The number of aromatic nitrogens is 3. The molecule has 29 heavy (non-hydrogen) atoms. The standard InChI is InChI=1S/C22H24N4O2S/c1-14-6-3-4-9-19(14)28-13-20-24-22(26-25-20)29-15(2)21(27)23-18-11-10-16-7-5-8-17(16)12-18/h3-4,6,9-12,15H,5,7-8,13H2,1-2H3,(H,23,27)(H,24,25,26)/t15-/m1/s1. The highest BCUT2D eigenvalue weighted by Gasteiger charge is 2.18. The second-order valence-corrected chi connectivity index (χ2v) is 8.51. The van der Waals surface area contributed by atoms with Crippen LogP contribution in [0, 0.1) is 6.92 Å². The Morgan fingerprint density at radius 3 is 2.93 bits per heavy atom. The molecule has 4 rings (SSSR count). The first-order valence-corrected chi connectivity index (χ1v) is 10.7. The molecule has 0 spiro atoms. The molecule has 0 saturated heterocycles. The lowest BCUT2D eigenvalue weighted by Gasteiger charge is -2.11. The van der Waals surface area contributed by atoms with E-state index in [4.69, 9.17) is 4.74 Å². The lowest BCUT2D eigenvalue weighted by Crippen LogP contribution is -2.22. The fourth-order valence-electron chi connectivity index (χ4n) is 3.36. The normalized spacial score (nSPS) is 13.7. The van der Waals surface area contributed by atoms with Gasteiger partial charge in [0, 0.05) is 5.69 Å². The maximum atomic E-state index is 12.5. The first-order chi connectivity index (χ1) is 14.1. The number of amides is 1. The summed E-state index contributed by atoms with van der Waals surface area (Å²) in [6, 6.07) is 14.0. The number of hydrogen-bond donors (Lipinski definition) is 2. The van der Waals surface area contributed by atoms with E-state index >= 15 is 0 Å². The molecule has 0 bridgehead atoms. The Hall–Kier alpha value is -2.80. The zero-order valence-electron chi connectivity index (χ0n) is 16.6. The van der Waals surface area contributed by atoms with Crippen LogP contribution in [0.5, 0.6) is 5.75 Å². The summed E-state index contributed by atoms with van der Waals surface area (Å²) in [5.41, 5.74) is 4.66. The number of carbonyl (C=O) groups excluding carboxylic acids is 1. The van der Waals surface area contributed by atoms with Crippen molar-refractivity contribution in [3.63, 3.8) is 0 Å². The highest BCUT2D eigenvalue weighted by Crippen LogP contribution is 2.26. The number of thioether (sulfide) groups is 1. The summed E-state index contributed by atoms with van der Waals surface area (Å²) in [6.07, 6.45) is 3.42. The van der Waals surface area contributed by atoms with Crippen LogP contribution in [-0.4, -0.2) is 26.3 Å². The Balaban J connectivity index is 1.31. The minimum Gasteiger partial charge on any atom is -0.485 e. The molecule has 1 aromatic heterocycles. The average Bonchev–Trinajstić information content (AvgIpc) is 3.36.